The van der Waals surface area contributed by atoms with Crippen LogP contribution in [0.1, 0.15) is 13.8 Å². The fourth-order valence-corrected chi connectivity index (χ4v) is 1.42. The molecule has 2 unspecified atom stereocenters. The van der Waals surface area contributed by atoms with E-state index in [1.807, 2.05) is 0 Å². The summed E-state index contributed by atoms with van der Waals surface area (Å²) in [5.74, 6) is 1.28. The summed E-state index contributed by atoms with van der Waals surface area (Å²) >= 11 is 0. The van der Waals surface area contributed by atoms with E-state index in [2.05, 4.69) is 13.8 Å². The number of rotatable bonds is 2. The standard InChI is InChI=1S/C8H16O2/c1-6(2)7-4-10-5-8(7)9-3/h6-8H,4-5H2,1-3H3. The lowest BCUT2D eigenvalue weighted by Crippen LogP contribution is -2.24. The maximum atomic E-state index is 5.30. The molecule has 1 aliphatic heterocycles. The second-order valence-corrected chi connectivity index (χ2v) is 3.22. The average molecular weight is 144 g/mol. The summed E-state index contributed by atoms with van der Waals surface area (Å²) in [6.07, 6.45) is 0.333. The molecule has 0 aliphatic carbocycles. The zero-order valence-corrected chi connectivity index (χ0v) is 6.96. The second-order valence-electron chi connectivity index (χ2n) is 3.22. The second kappa shape index (κ2) is 3.35. The number of ether oxygens (including phenoxy) is 2. The van der Waals surface area contributed by atoms with E-state index in [0.29, 0.717) is 17.9 Å². The third-order valence-corrected chi connectivity index (χ3v) is 2.23. The molecule has 0 amide bonds. The lowest BCUT2D eigenvalue weighted by Gasteiger charge is -2.18. The molecule has 2 heteroatoms. The van der Waals surface area contributed by atoms with Crippen LogP contribution in [0.3, 0.4) is 0 Å². The molecule has 1 saturated heterocycles. The summed E-state index contributed by atoms with van der Waals surface area (Å²) in [5.41, 5.74) is 0. The van der Waals surface area contributed by atoms with Crippen molar-refractivity contribution in [3.63, 3.8) is 0 Å². The van der Waals surface area contributed by atoms with Gasteiger partial charge in [0.1, 0.15) is 0 Å². The van der Waals surface area contributed by atoms with Gasteiger partial charge in [-0.05, 0) is 5.92 Å². The molecule has 0 radical (unpaired) electrons. The molecule has 60 valence electrons. The van der Waals surface area contributed by atoms with Crippen LogP contribution in [0.4, 0.5) is 0 Å². The van der Waals surface area contributed by atoms with E-state index in [0.717, 1.165) is 13.2 Å². The van der Waals surface area contributed by atoms with Crippen molar-refractivity contribution in [3.8, 4) is 0 Å². The maximum Gasteiger partial charge on any atom is 0.0857 e. The molecule has 0 N–H and O–H groups in total. The van der Waals surface area contributed by atoms with Crippen molar-refractivity contribution in [2.24, 2.45) is 11.8 Å². The van der Waals surface area contributed by atoms with Gasteiger partial charge in [-0.15, -0.1) is 0 Å². The molecule has 0 saturated carbocycles. The summed E-state index contributed by atoms with van der Waals surface area (Å²) in [7, 11) is 1.76. The molecule has 0 aromatic heterocycles. The van der Waals surface area contributed by atoms with E-state index in [1.165, 1.54) is 0 Å². The molecular formula is C8H16O2. The Morgan fingerprint density at radius 2 is 2.10 bits per heavy atom. The van der Waals surface area contributed by atoms with Crippen molar-refractivity contribution in [2.75, 3.05) is 20.3 Å². The Bertz CT molecular complexity index is 101. The van der Waals surface area contributed by atoms with Gasteiger partial charge >= 0.3 is 0 Å². The molecule has 2 atom stereocenters. The Kier molecular flexibility index (Phi) is 2.69. The van der Waals surface area contributed by atoms with E-state index in [-0.39, 0.29) is 0 Å². The van der Waals surface area contributed by atoms with Crippen molar-refractivity contribution in [1.82, 2.24) is 0 Å². The predicted molar refractivity (Wildman–Crippen MR) is 39.9 cm³/mol. The predicted octanol–water partition coefficient (Wildman–Crippen LogP) is 1.30. The van der Waals surface area contributed by atoms with E-state index >= 15 is 0 Å². The Morgan fingerprint density at radius 3 is 2.50 bits per heavy atom. The largest absolute Gasteiger partial charge is 0.379 e. The van der Waals surface area contributed by atoms with Crippen molar-refractivity contribution in [2.45, 2.75) is 20.0 Å². The SMILES string of the molecule is COC1COCC1C(C)C. The zero-order chi connectivity index (χ0) is 7.56. The fourth-order valence-electron chi connectivity index (χ4n) is 1.42. The first-order valence-corrected chi connectivity index (χ1v) is 3.86. The van der Waals surface area contributed by atoms with Gasteiger partial charge in [-0.3, -0.25) is 0 Å². The van der Waals surface area contributed by atoms with Gasteiger partial charge < -0.3 is 9.47 Å². The van der Waals surface area contributed by atoms with Crippen molar-refractivity contribution in [3.05, 3.63) is 0 Å². The summed E-state index contributed by atoms with van der Waals surface area (Å²) in [5, 5.41) is 0. The van der Waals surface area contributed by atoms with Gasteiger partial charge in [0.2, 0.25) is 0 Å². The van der Waals surface area contributed by atoms with Gasteiger partial charge in [0.05, 0.1) is 19.3 Å². The van der Waals surface area contributed by atoms with E-state index < -0.39 is 0 Å². The Hall–Kier alpha value is -0.0800. The highest BCUT2D eigenvalue weighted by Crippen LogP contribution is 2.23. The van der Waals surface area contributed by atoms with Gasteiger partial charge in [-0.25, -0.2) is 0 Å². The number of hydrogen-bond acceptors (Lipinski definition) is 2. The van der Waals surface area contributed by atoms with Crippen LogP contribution in [-0.4, -0.2) is 26.4 Å². The smallest absolute Gasteiger partial charge is 0.0857 e. The van der Waals surface area contributed by atoms with Crippen LogP contribution in [0.2, 0.25) is 0 Å². The van der Waals surface area contributed by atoms with Crippen LogP contribution in [0.15, 0.2) is 0 Å². The maximum absolute atomic E-state index is 5.30. The average Bonchev–Trinajstić information content (AvgIpc) is 2.33. The molecule has 1 aliphatic rings. The molecule has 0 bridgehead atoms. The summed E-state index contributed by atoms with van der Waals surface area (Å²) in [6, 6.07) is 0. The minimum atomic E-state index is 0.333. The molecular weight excluding hydrogens is 128 g/mol. The van der Waals surface area contributed by atoms with Crippen LogP contribution < -0.4 is 0 Å². The number of methoxy groups -OCH3 is 1. The van der Waals surface area contributed by atoms with Crippen LogP contribution in [0.25, 0.3) is 0 Å². The minimum Gasteiger partial charge on any atom is -0.379 e. The molecule has 1 rings (SSSR count). The Labute approximate surface area is 62.5 Å². The Morgan fingerprint density at radius 1 is 1.40 bits per heavy atom. The first-order valence-electron chi connectivity index (χ1n) is 3.86. The van der Waals surface area contributed by atoms with E-state index in [4.69, 9.17) is 9.47 Å². The lowest BCUT2D eigenvalue weighted by molar-refractivity contribution is 0.0567. The Balaban J connectivity index is 2.42. The van der Waals surface area contributed by atoms with Crippen molar-refractivity contribution in [1.29, 1.82) is 0 Å². The highest BCUT2D eigenvalue weighted by Gasteiger charge is 2.30. The lowest BCUT2D eigenvalue weighted by atomic mass is 9.93. The van der Waals surface area contributed by atoms with Crippen LogP contribution in [0, 0.1) is 11.8 Å². The number of hydrogen-bond donors (Lipinski definition) is 0. The quantitative estimate of drug-likeness (QED) is 0.581. The third kappa shape index (κ3) is 1.50. The van der Waals surface area contributed by atoms with Crippen LogP contribution in [0.5, 0.6) is 0 Å². The van der Waals surface area contributed by atoms with Gasteiger partial charge in [-0.2, -0.15) is 0 Å². The first-order chi connectivity index (χ1) is 4.75. The summed E-state index contributed by atoms with van der Waals surface area (Å²) < 4.78 is 10.6. The molecule has 10 heavy (non-hydrogen) atoms. The molecule has 1 fully saturated rings. The van der Waals surface area contributed by atoms with Crippen LogP contribution >= 0.6 is 0 Å². The molecule has 2 nitrogen and oxygen atoms in total. The molecule has 1 heterocycles. The summed E-state index contributed by atoms with van der Waals surface area (Å²) in [6.45, 7) is 6.08. The first kappa shape index (κ1) is 8.02. The molecule has 0 spiro atoms. The van der Waals surface area contributed by atoms with Crippen molar-refractivity contribution >= 4 is 0 Å². The molecule has 0 aromatic rings. The highest BCUT2D eigenvalue weighted by atomic mass is 16.5. The topological polar surface area (TPSA) is 18.5 Å². The zero-order valence-electron chi connectivity index (χ0n) is 6.96. The van der Waals surface area contributed by atoms with Gasteiger partial charge in [-0.1, -0.05) is 13.8 Å². The van der Waals surface area contributed by atoms with Crippen LogP contribution in [-0.2, 0) is 9.47 Å². The fraction of sp³-hybridized carbons (Fsp3) is 1.00. The highest BCUT2D eigenvalue weighted by molar-refractivity contribution is 4.77. The van der Waals surface area contributed by atoms with Crippen molar-refractivity contribution < 1.29 is 9.47 Å². The van der Waals surface area contributed by atoms with E-state index in [1.54, 1.807) is 7.11 Å². The van der Waals surface area contributed by atoms with Gasteiger partial charge in [0, 0.05) is 13.0 Å². The van der Waals surface area contributed by atoms with Gasteiger partial charge in [0.25, 0.3) is 0 Å². The van der Waals surface area contributed by atoms with Gasteiger partial charge in [0.15, 0.2) is 0 Å². The summed E-state index contributed by atoms with van der Waals surface area (Å²) in [4.78, 5) is 0. The normalized spacial score (nSPS) is 33.6. The molecule has 0 aromatic carbocycles. The van der Waals surface area contributed by atoms with E-state index in [9.17, 15) is 0 Å². The monoisotopic (exact) mass is 144 g/mol. The minimum absolute atomic E-state index is 0.333. The third-order valence-electron chi connectivity index (χ3n) is 2.23.